The Balaban J connectivity index is 1.74. The Morgan fingerprint density at radius 3 is 3.00 bits per heavy atom. The molecular weight excluding hydrogens is 246 g/mol. The molecule has 96 valence electrons. The largest absolute Gasteiger partial charge is 0.331 e. The summed E-state index contributed by atoms with van der Waals surface area (Å²) in [5.74, 6) is 0.653. The van der Waals surface area contributed by atoms with Gasteiger partial charge in [0.25, 0.3) is 0 Å². The summed E-state index contributed by atoms with van der Waals surface area (Å²) in [5, 5.41) is 4.02. The average Bonchev–Trinajstić information content (AvgIpc) is 2.84. The molecule has 3 rings (SSSR count). The van der Waals surface area contributed by atoms with Crippen molar-refractivity contribution in [1.29, 1.82) is 0 Å². The van der Waals surface area contributed by atoms with E-state index in [0.29, 0.717) is 17.0 Å². The smallest absolute Gasteiger partial charge is 0.197 e. The predicted octanol–water partition coefficient (Wildman–Crippen LogP) is 1.81. The molecule has 2 N–H and O–H groups in total. The normalized spacial score (nSPS) is 22.1. The maximum atomic E-state index is 12.3. The highest BCUT2D eigenvalue weighted by Crippen LogP contribution is 2.15. The van der Waals surface area contributed by atoms with Gasteiger partial charge in [0.1, 0.15) is 0 Å². The zero-order chi connectivity index (χ0) is 12.4. The van der Waals surface area contributed by atoms with E-state index >= 15 is 0 Å². The fourth-order valence-corrected chi connectivity index (χ4v) is 3.60. The van der Waals surface area contributed by atoms with Crippen molar-refractivity contribution in [1.82, 2.24) is 15.3 Å². The van der Waals surface area contributed by atoms with Gasteiger partial charge in [0.05, 0.1) is 21.8 Å². The summed E-state index contributed by atoms with van der Waals surface area (Å²) >= 11 is 0. The summed E-state index contributed by atoms with van der Waals surface area (Å²) in [7, 11) is -1.04. The maximum absolute atomic E-state index is 12.3. The summed E-state index contributed by atoms with van der Waals surface area (Å²) in [6.45, 7) is 1.04. The minimum absolute atomic E-state index is 0.368. The Kier molecular flexibility index (Phi) is 3.43. The standard InChI is InChI=1S/C13H17N3OS/c17-18(9-10-5-3-4-8-14-10)13-15-11-6-1-2-7-12(11)16-13/h1-2,6-7,10,14H,3-5,8-9H2,(H,15,16)/t10-,18+/m0/s1. The Hall–Kier alpha value is -1.20. The summed E-state index contributed by atoms with van der Waals surface area (Å²) in [6, 6.07) is 8.16. The fourth-order valence-electron chi connectivity index (χ4n) is 2.37. The first kappa shape index (κ1) is 11.9. The summed E-state index contributed by atoms with van der Waals surface area (Å²) in [6.07, 6.45) is 3.58. The number of aromatic nitrogens is 2. The van der Waals surface area contributed by atoms with E-state index in [9.17, 15) is 4.21 Å². The second-order valence-electron chi connectivity index (χ2n) is 4.72. The molecule has 1 aliphatic rings. The lowest BCUT2D eigenvalue weighted by Crippen LogP contribution is -2.38. The Bertz CT molecular complexity index is 527. The zero-order valence-electron chi connectivity index (χ0n) is 10.2. The third kappa shape index (κ3) is 2.47. The molecule has 0 bridgehead atoms. The number of fused-ring (bicyclic) bond motifs is 1. The van der Waals surface area contributed by atoms with E-state index < -0.39 is 10.8 Å². The average molecular weight is 263 g/mol. The van der Waals surface area contributed by atoms with Crippen molar-refractivity contribution >= 4 is 21.8 Å². The van der Waals surface area contributed by atoms with Crippen LogP contribution in [0.25, 0.3) is 11.0 Å². The predicted molar refractivity (Wildman–Crippen MR) is 73.0 cm³/mol. The van der Waals surface area contributed by atoms with Crippen molar-refractivity contribution in [3.8, 4) is 0 Å². The van der Waals surface area contributed by atoms with Gasteiger partial charge >= 0.3 is 0 Å². The molecule has 0 unspecified atom stereocenters. The van der Waals surface area contributed by atoms with Crippen LogP contribution in [-0.2, 0) is 10.8 Å². The number of nitrogens with one attached hydrogen (secondary N) is 2. The highest BCUT2D eigenvalue weighted by atomic mass is 32.2. The topological polar surface area (TPSA) is 57.8 Å². The van der Waals surface area contributed by atoms with Gasteiger partial charge in [-0.2, -0.15) is 0 Å². The number of hydrogen-bond donors (Lipinski definition) is 2. The van der Waals surface area contributed by atoms with Gasteiger partial charge < -0.3 is 10.3 Å². The van der Waals surface area contributed by atoms with Crippen LogP contribution < -0.4 is 5.32 Å². The first-order chi connectivity index (χ1) is 8.83. The quantitative estimate of drug-likeness (QED) is 0.888. The number of rotatable bonds is 3. The van der Waals surface area contributed by atoms with E-state index in [2.05, 4.69) is 15.3 Å². The summed E-state index contributed by atoms with van der Waals surface area (Å²) in [5.41, 5.74) is 1.84. The molecule has 5 heteroatoms. The third-order valence-corrected chi connectivity index (χ3v) is 4.68. The molecular formula is C13H17N3OS. The van der Waals surface area contributed by atoms with Gasteiger partial charge in [-0.1, -0.05) is 18.6 Å². The zero-order valence-corrected chi connectivity index (χ0v) is 11.0. The Morgan fingerprint density at radius 1 is 1.33 bits per heavy atom. The number of para-hydroxylation sites is 2. The lowest BCUT2D eigenvalue weighted by molar-refractivity contribution is 0.427. The minimum Gasteiger partial charge on any atom is -0.331 e. The number of piperidine rings is 1. The molecule has 1 aromatic carbocycles. The molecule has 2 aromatic rings. The molecule has 0 saturated carbocycles. The van der Waals surface area contributed by atoms with Gasteiger partial charge in [0, 0.05) is 11.8 Å². The SMILES string of the molecule is O=[S@](C[C@@H]1CCCCN1)c1nc2ccccc2[nH]1. The number of imidazole rings is 1. The molecule has 0 aliphatic carbocycles. The van der Waals surface area contributed by atoms with Crippen LogP contribution in [-0.4, -0.2) is 32.5 Å². The van der Waals surface area contributed by atoms with E-state index in [0.717, 1.165) is 24.0 Å². The van der Waals surface area contributed by atoms with Crippen molar-refractivity contribution < 1.29 is 4.21 Å². The number of nitrogens with zero attached hydrogens (tertiary/aromatic N) is 1. The molecule has 2 heterocycles. The fraction of sp³-hybridized carbons (Fsp3) is 0.462. The van der Waals surface area contributed by atoms with Crippen molar-refractivity contribution in [2.45, 2.75) is 30.5 Å². The highest BCUT2D eigenvalue weighted by molar-refractivity contribution is 7.84. The van der Waals surface area contributed by atoms with E-state index in [1.165, 1.54) is 12.8 Å². The van der Waals surface area contributed by atoms with Crippen molar-refractivity contribution in [3.05, 3.63) is 24.3 Å². The monoisotopic (exact) mass is 263 g/mol. The van der Waals surface area contributed by atoms with Crippen LogP contribution in [0.5, 0.6) is 0 Å². The van der Waals surface area contributed by atoms with Crippen molar-refractivity contribution in [3.63, 3.8) is 0 Å². The first-order valence-electron chi connectivity index (χ1n) is 6.39. The molecule has 1 aliphatic heterocycles. The summed E-state index contributed by atoms with van der Waals surface area (Å²) in [4.78, 5) is 7.54. The molecule has 1 saturated heterocycles. The van der Waals surface area contributed by atoms with E-state index in [-0.39, 0.29) is 0 Å². The second-order valence-corrected chi connectivity index (χ2v) is 6.13. The Morgan fingerprint density at radius 2 is 2.22 bits per heavy atom. The Labute approximate surface area is 109 Å². The molecule has 18 heavy (non-hydrogen) atoms. The van der Waals surface area contributed by atoms with Crippen LogP contribution in [0, 0.1) is 0 Å². The number of hydrogen-bond acceptors (Lipinski definition) is 3. The van der Waals surface area contributed by atoms with Gasteiger partial charge in [-0.25, -0.2) is 4.98 Å². The van der Waals surface area contributed by atoms with Crippen LogP contribution in [0.4, 0.5) is 0 Å². The molecule has 2 atom stereocenters. The molecule has 0 amide bonds. The maximum Gasteiger partial charge on any atom is 0.197 e. The first-order valence-corrected chi connectivity index (χ1v) is 7.71. The molecule has 0 radical (unpaired) electrons. The molecule has 4 nitrogen and oxygen atoms in total. The molecule has 0 spiro atoms. The van der Waals surface area contributed by atoms with Gasteiger partial charge in [0.15, 0.2) is 5.16 Å². The van der Waals surface area contributed by atoms with Crippen LogP contribution in [0.15, 0.2) is 29.4 Å². The van der Waals surface area contributed by atoms with Crippen LogP contribution >= 0.6 is 0 Å². The van der Waals surface area contributed by atoms with E-state index in [4.69, 9.17) is 0 Å². The van der Waals surface area contributed by atoms with Gasteiger partial charge in [-0.3, -0.25) is 4.21 Å². The van der Waals surface area contributed by atoms with Crippen molar-refractivity contribution in [2.24, 2.45) is 0 Å². The van der Waals surface area contributed by atoms with Gasteiger partial charge in [-0.05, 0) is 31.5 Å². The molecule has 1 aromatic heterocycles. The number of aromatic amines is 1. The van der Waals surface area contributed by atoms with Crippen LogP contribution in [0.2, 0.25) is 0 Å². The van der Waals surface area contributed by atoms with Gasteiger partial charge in [0.2, 0.25) is 0 Å². The minimum atomic E-state index is -1.04. The van der Waals surface area contributed by atoms with Crippen LogP contribution in [0.3, 0.4) is 0 Å². The van der Waals surface area contributed by atoms with E-state index in [1.807, 2.05) is 24.3 Å². The van der Waals surface area contributed by atoms with E-state index in [1.54, 1.807) is 0 Å². The molecule has 1 fully saturated rings. The van der Waals surface area contributed by atoms with Crippen molar-refractivity contribution in [2.75, 3.05) is 12.3 Å². The lowest BCUT2D eigenvalue weighted by atomic mass is 10.1. The van der Waals surface area contributed by atoms with Crippen LogP contribution in [0.1, 0.15) is 19.3 Å². The number of H-pyrrole nitrogens is 1. The highest BCUT2D eigenvalue weighted by Gasteiger charge is 2.18. The lowest BCUT2D eigenvalue weighted by Gasteiger charge is -2.22. The third-order valence-electron chi connectivity index (χ3n) is 3.35. The van der Waals surface area contributed by atoms with Gasteiger partial charge in [-0.15, -0.1) is 0 Å². The number of benzene rings is 1. The second kappa shape index (κ2) is 5.20. The summed E-state index contributed by atoms with van der Waals surface area (Å²) < 4.78 is 12.3.